The number of hydrogen-bond donors (Lipinski definition) is 4. The Morgan fingerprint density at radius 1 is 1.08 bits per heavy atom. The molecule has 4 rings (SSSR count). The molecule has 0 bridgehead atoms. The van der Waals surface area contributed by atoms with Crippen LogP contribution in [0, 0.1) is 40.9 Å². The van der Waals surface area contributed by atoms with E-state index < -0.39 is 43.7 Å². The summed E-state index contributed by atoms with van der Waals surface area (Å²) in [4.78, 5) is 13.2. The van der Waals surface area contributed by atoms with Gasteiger partial charge in [0, 0.05) is 0 Å². The molecular weight excluding hydrogens is 571 g/mol. The van der Waals surface area contributed by atoms with Crippen LogP contribution in [0.1, 0.15) is 87.0 Å². The number of halogens is 1. The van der Waals surface area contributed by atoms with Crippen molar-refractivity contribution in [3.63, 3.8) is 0 Å². The number of rotatable bonds is 6. The fourth-order valence-electron chi connectivity index (χ4n) is 8.75. The number of aliphatic hydroxyl groups excluding tert-OH is 3. The number of hydrogen-bond acceptors (Lipinski definition) is 6. The molecule has 2 aliphatic carbocycles. The van der Waals surface area contributed by atoms with E-state index in [-0.39, 0.29) is 39.0 Å². The monoisotopic (exact) mass is 622 g/mol. The van der Waals surface area contributed by atoms with Crippen LogP contribution in [0.2, 0.25) is 0 Å². The summed E-state index contributed by atoms with van der Waals surface area (Å²) >= 11 is -1.78. The number of carbonyl (C=O) groups excluding carboxylic acids is 1. The first-order valence-electron chi connectivity index (χ1n) is 14.3. The molecule has 4 fully saturated rings. The fourth-order valence-corrected chi connectivity index (χ4v) is 19.6. The second-order valence-corrected chi connectivity index (χ2v) is 21.0. The van der Waals surface area contributed by atoms with Crippen molar-refractivity contribution in [1.82, 2.24) is 0 Å². The van der Waals surface area contributed by atoms with Crippen molar-refractivity contribution in [2.24, 2.45) is 40.9 Å². The predicted molar refractivity (Wildman–Crippen MR) is 150 cm³/mol. The van der Waals surface area contributed by atoms with Crippen LogP contribution in [0.15, 0.2) is 0 Å². The third-order valence-corrected chi connectivity index (χ3v) is 20.5. The van der Waals surface area contributed by atoms with Gasteiger partial charge in [-0.3, -0.25) is 0 Å². The van der Waals surface area contributed by atoms with Crippen LogP contribution in [-0.4, -0.2) is 68.7 Å². The summed E-state index contributed by atoms with van der Waals surface area (Å²) in [5.74, 6) is 0.681. The molecule has 7 heteroatoms. The molecule has 12 atom stereocenters. The van der Waals surface area contributed by atoms with Crippen molar-refractivity contribution in [1.29, 1.82) is 0 Å². The van der Waals surface area contributed by atoms with Gasteiger partial charge in [0.1, 0.15) is 0 Å². The van der Waals surface area contributed by atoms with Gasteiger partial charge in [-0.25, -0.2) is 0 Å². The van der Waals surface area contributed by atoms with E-state index in [1.54, 1.807) is 6.92 Å². The van der Waals surface area contributed by atoms with Gasteiger partial charge in [-0.05, 0) is 0 Å². The van der Waals surface area contributed by atoms with Crippen molar-refractivity contribution in [3.8, 4) is 0 Å². The molecule has 2 saturated carbocycles. The average Bonchev–Trinajstić information content (AvgIpc) is 3.11. The molecule has 4 aliphatic rings. The summed E-state index contributed by atoms with van der Waals surface area (Å²) in [5.41, 5.74) is -1.19. The van der Waals surface area contributed by atoms with E-state index in [1.165, 1.54) is 0 Å². The van der Waals surface area contributed by atoms with Crippen LogP contribution in [0.4, 0.5) is 0 Å². The van der Waals surface area contributed by atoms with Gasteiger partial charge in [0.25, 0.3) is 0 Å². The molecule has 0 spiro atoms. The van der Waals surface area contributed by atoms with Crippen molar-refractivity contribution in [2.75, 3.05) is 11.0 Å². The number of cyclic esters (lactones) is 1. The molecule has 36 heavy (non-hydrogen) atoms. The quantitative estimate of drug-likeness (QED) is 0.201. The maximum absolute atomic E-state index is 13.2. The second kappa shape index (κ2) is 10.2. The molecule has 210 valence electrons. The molecule has 0 amide bonds. The van der Waals surface area contributed by atoms with Crippen LogP contribution >= 0.6 is 19.8 Å². The molecule has 2 heterocycles. The molecule has 4 N–H and O–H groups in total. The Morgan fingerprint density at radius 2 is 1.75 bits per heavy atom. The number of ether oxygens (including phenoxy) is 1. The summed E-state index contributed by atoms with van der Waals surface area (Å²) in [6.45, 7) is 15.2. The Balaban J connectivity index is 1.58. The SMILES string of the molecule is CCC(C(C)C)C(O)C(O)[C@H](C)C1CC[C@H]2[C@@H]3COC(=O)[C@H]4C[C@@](C)(O)C(O)C[C@]4(C)I3CC[C@]12C. The number of carbonyl (C=O) groups is 1. The van der Waals surface area contributed by atoms with E-state index in [0.717, 1.165) is 30.1 Å². The van der Waals surface area contributed by atoms with Crippen LogP contribution in [0.5, 0.6) is 0 Å². The Hall–Kier alpha value is 0.0400. The van der Waals surface area contributed by atoms with Crippen molar-refractivity contribution in [2.45, 2.75) is 118 Å². The average molecular weight is 623 g/mol. The van der Waals surface area contributed by atoms with E-state index in [9.17, 15) is 25.2 Å². The van der Waals surface area contributed by atoms with Gasteiger partial charge in [-0.15, -0.1) is 0 Å². The molecule has 6 nitrogen and oxygen atoms in total. The van der Waals surface area contributed by atoms with Gasteiger partial charge in [0.05, 0.1) is 0 Å². The molecule has 5 unspecified atom stereocenters. The van der Waals surface area contributed by atoms with Crippen molar-refractivity contribution in [3.05, 3.63) is 0 Å². The van der Waals surface area contributed by atoms with E-state index in [1.807, 2.05) is 0 Å². The molecule has 2 aliphatic heterocycles. The molecule has 0 aromatic rings. The van der Waals surface area contributed by atoms with Crippen LogP contribution in [0.25, 0.3) is 0 Å². The van der Waals surface area contributed by atoms with Crippen LogP contribution in [0.3, 0.4) is 0 Å². The molecule has 0 aromatic carbocycles. The van der Waals surface area contributed by atoms with Gasteiger partial charge in [-0.1, -0.05) is 0 Å². The van der Waals surface area contributed by atoms with E-state index in [0.29, 0.717) is 34.7 Å². The number of fused-ring (bicyclic) bond motifs is 5. The summed E-state index contributed by atoms with van der Waals surface area (Å²) in [7, 11) is 0. The summed E-state index contributed by atoms with van der Waals surface area (Å²) in [5, 5.41) is 44.1. The first-order valence-corrected chi connectivity index (χ1v) is 18.1. The maximum atomic E-state index is 13.2. The van der Waals surface area contributed by atoms with E-state index >= 15 is 0 Å². The zero-order valence-corrected chi connectivity index (χ0v) is 25.6. The third-order valence-electron chi connectivity index (χ3n) is 11.3. The predicted octanol–water partition coefficient (Wildman–Crippen LogP) is 4.18. The zero-order valence-electron chi connectivity index (χ0n) is 23.4. The van der Waals surface area contributed by atoms with Crippen LogP contribution in [-0.2, 0) is 9.53 Å². The molecule has 2 saturated heterocycles. The normalized spacial score (nSPS) is 47.2. The Bertz CT molecular complexity index is 818. The van der Waals surface area contributed by atoms with E-state index in [2.05, 4.69) is 41.5 Å². The zero-order chi connectivity index (χ0) is 26.8. The first kappa shape index (κ1) is 29.0. The van der Waals surface area contributed by atoms with Crippen LogP contribution < -0.4 is 0 Å². The fraction of sp³-hybridized carbons (Fsp3) is 0.966. The van der Waals surface area contributed by atoms with Gasteiger partial charge in [-0.2, -0.15) is 0 Å². The summed E-state index contributed by atoms with van der Waals surface area (Å²) < 4.78 is 7.21. The molecule has 0 radical (unpaired) electrons. The number of alkyl halides is 3. The Morgan fingerprint density at radius 3 is 2.36 bits per heavy atom. The van der Waals surface area contributed by atoms with E-state index in [4.69, 9.17) is 4.74 Å². The third kappa shape index (κ3) is 4.58. The Labute approximate surface area is 225 Å². The second-order valence-electron chi connectivity index (χ2n) is 13.5. The molecule has 0 aromatic heterocycles. The van der Waals surface area contributed by atoms with Crippen molar-refractivity contribution < 1.29 is 30.0 Å². The van der Waals surface area contributed by atoms with Crippen molar-refractivity contribution >= 4 is 25.8 Å². The van der Waals surface area contributed by atoms with Gasteiger partial charge in [0.15, 0.2) is 0 Å². The Kier molecular flexibility index (Phi) is 8.24. The number of esters is 1. The molecular formula is C29H51IO6. The first-order chi connectivity index (χ1) is 16.7. The minimum absolute atomic E-state index is 0.00594. The van der Waals surface area contributed by atoms with Gasteiger partial charge >= 0.3 is 226 Å². The van der Waals surface area contributed by atoms with Gasteiger partial charge in [0.2, 0.25) is 0 Å². The minimum atomic E-state index is -1.78. The summed E-state index contributed by atoms with van der Waals surface area (Å²) in [6, 6.07) is 0. The number of aliphatic hydroxyl groups is 4. The van der Waals surface area contributed by atoms with Gasteiger partial charge < -0.3 is 0 Å². The summed E-state index contributed by atoms with van der Waals surface area (Å²) in [6.07, 6.45) is 2.57. The topological polar surface area (TPSA) is 107 Å². The standard InChI is InChI=1S/C29H51IO6/c1-8-18(16(2)3)25(33)24(32)17(4)19-9-10-20-22-15-36-26(34)21-13-29(7,35)23(31)14-28(21,6)30(22)12-11-27(19,20)5/h16-25,31-33,35H,8-15H2,1-7H3/t17-,18?,19?,20+,21-,22+,23?,24?,25?,27-,28+,29-/m1/s1.